The molecule has 0 radical (unpaired) electrons. The summed E-state index contributed by atoms with van der Waals surface area (Å²) in [5, 5.41) is 14.9. The number of carboxylic acids is 1. The Morgan fingerprint density at radius 2 is 2.22 bits per heavy atom. The summed E-state index contributed by atoms with van der Waals surface area (Å²) >= 11 is 0. The SMILES string of the molecule is CCCCC1Nc2c(cccc2C(=O)O)NC1=O. The molecular formula is C13H16N2O3. The Morgan fingerprint density at radius 1 is 1.44 bits per heavy atom. The van der Waals surface area contributed by atoms with Crippen molar-refractivity contribution in [2.45, 2.75) is 32.2 Å². The fraction of sp³-hybridized carbons (Fsp3) is 0.385. The van der Waals surface area contributed by atoms with E-state index in [0.717, 1.165) is 12.8 Å². The Kier molecular flexibility index (Phi) is 3.50. The first kappa shape index (κ1) is 12.4. The number of unbranched alkanes of at least 4 members (excludes halogenated alkanes) is 1. The van der Waals surface area contributed by atoms with Gasteiger partial charge in [0.05, 0.1) is 16.9 Å². The highest BCUT2D eigenvalue weighted by Gasteiger charge is 2.27. The maximum absolute atomic E-state index is 11.8. The molecule has 1 atom stereocenters. The number of hydrogen-bond donors (Lipinski definition) is 3. The van der Waals surface area contributed by atoms with E-state index < -0.39 is 5.97 Å². The highest BCUT2D eigenvalue weighted by molar-refractivity contribution is 6.08. The lowest BCUT2D eigenvalue weighted by molar-refractivity contribution is -0.117. The van der Waals surface area contributed by atoms with Gasteiger partial charge in [-0.3, -0.25) is 4.79 Å². The Hall–Kier alpha value is -2.04. The first-order valence-corrected chi connectivity index (χ1v) is 6.07. The Labute approximate surface area is 105 Å². The number of hydrogen-bond acceptors (Lipinski definition) is 3. The minimum Gasteiger partial charge on any atom is -0.478 e. The molecule has 1 aromatic rings. The number of carbonyl (C=O) groups is 2. The Bertz CT molecular complexity index is 485. The molecule has 1 amide bonds. The van der Waals surface area contributed by atoms with Crippen LogP contribution in [0.15, 0.2) is 18.2 Å². The summed E-state index contributed by atoms with van der Waals surface area (Å²) in [6.45, 7) is 2.05. The lowest BCUT2D eigenvalue weighted by Gasteiger charge is -2.27. The summed E-state index contributed by atoms with van der Waals surface area (Å²) in [5.74, 6) is -1.09. The quantitative estimate of drug-likeness (QED) is 0.764. The number of carboxylic acid groups (broad SMARTS) is 1. The number of benzene rings is 1. The van der Waals surface area contributed by atoms with Gasteiger partial charge in [0.2, 0.25) is 5.91 Å². The highest BCUT2D eigenvalue weighted by atomic mass is 16.4. The lowest BCUT2D eigenvalue weighted by atomic mass is 10.0. The van der Waals surface area contributed by atoms with Crippen LogP contribution in [0.4, 0.5) is 11.4 Å². The van der Waals surface area contributed by atoms with E-state index in [4.69, 9.17) is 5.11 Å². The summed E-state index contributed by atoms with van der Waals surface area (Å²) in [7, 11) is 0. The summed E-state index contributed by atoms with van der Waals surface area (Å²) in [5.41, 5.74) is 1.23. The van der Waals surface area contributed by atoms with Crippen molar-refractivity contribution in [3.63, 3.8) is 0 Å². The monoisotopic (exact) mass is 248 g/mol. The molecule has 0 saturated carbocycles. The molecule has 1 aromatic carbocycles. The van der Waals surface area contributed by atoms with Gasteiger partial charge in [-0.2, -0.15) is 0 Å². The van der Waals surface area contributed by atoms with E-state index in [1.54, 1.807) is 12.1 Å². The molecule has 96 valence electrons. The molecule has 1 aliphatic heterocycles. The van der Waals surface area contributed by atoms with Crippen LogP contribution in [0.3, 0.4) is 0 Å². The van der Waals surface area contributed by atoms with Crippen LogP contribution in [0.1, 0.15) is 36.5 Å². The van der Waals surface area contributed by atoms with Gasteiger partial charge < -0.3 is 15.7 Å². The van der Waals surface area contributed by atoms with Crippen LogP contribution in [0.5, 0.6) is 0 Å². The number of rotatable bonds is 4. The average molecular weight is 248 g/mol. The summed E-state index contributed by atoms with van der Waals surface area (Å²) < 4.78 is 0. The molecular weight excluding hydrogens is 232 g/mol. The van der Waals surface area contributed by atoms with E-state index in [1.807, 2.05) is 0 Å². The van der Waals surface area contributed by atoms with Crippen LogP contribution in [-0.4, -0.2) is 23.0 Å². The van der Waals surface area contributed by atoms with Crippen molar-refractivity contribution in [3.05, 3.63) is 23.8 Å². The lowest BCUT2D eigenvalue weighted by Crippen LogP contribution is -2.39. The second-order valence-corrected chi connectivity index (χ2v) is 4.36. The van der Waals surface area contributed by atoms with E-state index in [1.165, 1.54) is 6.07 Å². The molecule has 1 heterocycles. The molecule has 0 saturated heterocycles. The molecule has 3 N–H and O–H groups in total. The average Bonchev–Trinajstić information content (AvgIpc) is 2.35. The van der Waals surface area contributed by atoms with Gasteiger partial charge >= 0.3 is 5.97 Å². The summed E-state index contributed by atoms with van der Waals surface area (Å²) in [4.78, 5) is 22.9. The van der Waals surface area contributed by atoms with Gasteiger partial charge in [0, 0.05) is 0 Å². The molecule has 5 nitrogen and oxygen atoms in total. The molecule has 2 rings (SSSR count). The van der Waals surface area contributed by atoms with Crippen molar-refractivity contribution in [1.29, 1.82) is 0 Å². The van der Waals surface area contributed by atoms with Gasteiger partial charge in [-0.15, -0.1) is 0 Å². The minimum absolute atomic E-state index is 0.0986. The molecule has 0 fully saturated rings. The van der Waals surface area contributed by atoms with Gasteiger partial charge in [0.1, 0.15) is 6.04 Å². The van der Waals surface area contributed by atoms with E-state index in [2.05, 4.69) is 17.6 Å². The fourth-order valence-corrected chi connectivity index (χ4v) is 2.06. The molecule has 0 bridgehead atoms. The second kappa shape index (κ2) is 5.08. The molecule has 0 aliphatic carbocycles. The zero-order valence-electron chi connectivity index (χ0n) is 10.2. The standard InChI is InChI=1S/C13H16N2O3/c1-2-3-6-10-12(16)15-9-7-4-5-8(13(17)18)11(9)14-10/h4-5,7,10,14H,2-3,6H2,1H3,(H,15,16)(H,17,18). The first-order valence-electron chi connectivity index (χ1n) is 6.07. The minimum atomic E-state index is -0.996. The number of amides is 1. The third-order valence-corrected chi connectivity index (χ3v) is 3.03. The fourth-order valence-electron chi connectivity index (χ4n) is 2.06. The van der Waals surface area contributed by atoms with Gasteiger partial charge in [0.15, 0.2) is 0 Å². The van der Waals surface area contributed by atoms with E-state index in [9.17, 15) is 9.59 Å². The first-order chi connectivity index (χ1) is 8.63. The predicted molar refractivity (Wildman–Crippen MR) is 69.0 cm³/mol. The maximum Gasteiger partial charge on any atom is 0.337 e. The number of anilines is 2. The zero-order valence-corrected chi connectivity index (χ0v) is 10.2. The van der Waals surface area contributed by atoms with Crippen molar-refractivity contribution in [2.24, 2.45) is 0 Å². The van der Waals surface area contributed by atoms with Crippen LogP contribution in [-0.2, 0) is 4.79 Å². The molecule has 1 aliphatic rings. The molecule has 18 heavy (non-hydrogen) atoms. The van der Waals surface area contributed by atoms with Gasteiger partial charge in [-0.05, 0) is 18.6 Å². The molecule has 0 aromatic heterocycles. The number of nitrogens with one attached hydrogen (secondary N) is 2. The van der Waals surface area contributed by atoms with Crippen LogP contribution < -0.4 is 10.6 Å². The number of aromatic carboxylic acids is 1. The molecule has 5 heteroatoms. The van der Waals surface area contributed by atoms with Crippen molar-refractivity contribution in [2.75, 3.05) is 10.6 Å². The zero-order chi connectivity index (χ0) is 13.1. The van der Waals surface area contributed by atoms with Crippen LogP contribution >= 0.6 is 0 Å². The Balaban J connectivity index is 2.29. The van der Waals surface area contributed by atoms with Crippen molar-refractivity contribution in [3.8, 4) is 0 Å². The van der Waals surface area contributed by atoms with Gasteiger partial charge in [-0.1, -0.05) is 25.8 Å². The topological polar surface area (TPSA) is 78.4 Å². The molecule has 1 unspecified atom stereocenters. The van der Waals surface area contributed by atoms with Crippen molar-refractivity contribution >= 4 is 23.3 Å². The third-order valence-electron chi connectivity index (χ3n) is 3.03. The second-order valence-electron chi connectivity index (χ2n) is 4.36. The van der Waals surface area contributed by atoms with Gasteiger partial charge in [0.25, 0.3) is 0 Å². The van der Waals surface area contributed by atoms with Crippen LogP contribution in [0, 0.1) is 0 Å². The molecule has 0 spiro atoms. The maximum atomic E-state index is 11.8. The Morgan fingerprint density at radius 3 is 2.89 bits per heavy atom. The largest absolute Gasteiger partial charge is 0.478 e. The van der Waals surface area contributed by atoms with Crippen molar-refractivity contribution in [1.82, 2.24) is 0 Å². The van der Waals surface area contributed by atoms with Crippen LogP contribution in [0.25, 0.3) is 0 Å². The van der Waals surface area contributed by atoms with E-state index in [-0.39, 0.29) is 17.5 Å². The summed E-state index contributed by atoms with van der Waals surface area (Å²) in [6, 6.07) is 4.50. The predicted octanol–water partition coefficient (Wildman–Crippen LogP) is 2.31. The number of carbonyl (C=O) groups excluding carboxylic acids is 1. The summed E-state index contributed by atoms with van der Waals surface area (Å²) in [6.07, 6.45) is 2.63. The normalized spacial score (nSPS) is 17.6. The smallest absolute Gasteiger partial charge is 0.337 e. The van der Waals surface area contributed by atoms with Gasteiger partial charge in [-0.25, -0.2) is 4.79 Å². The number of fused-ring (bicyclic) bond motifs is 1. The highest BCUT2D eigenvalue weighted by Crippen LogP contribution is 2.31. The van der Waals surface area contributed by atoms with E-state index in [0.29, 0.717) is 17.8 Å². The van der Waals surface area contributed by atoms with E-state index >= 15 is 0 Å². The number of para-hydroxylation sites is 1. The van der Waals surface area contributed by atoms with Crippen molar-refractivity contribution < 1.29 is 14.7 Å². The third kappa shape index (κ3) is 2.30. The van der Waals surface area contributed by atoms with Crippen LogP contribution in [0.2, 0.25) is 0 Å².